The summed E-state index contributed by atoms with van der Waals surface area (Å²) in [4.78, 5) is 14.2. The molecule has 0 aromatic heterocycles. The summed E-state index contributed by atoms with van der Waals surface area (Å²) in [5.41, 5.74) is -0.315. The number of hydrogen-bond acceptors (Lipinski definition) is 4. The Morgan fingerprint density at radius 3 is 2.26 bits per heavy atom. The van der Waals surface area contributed by atoms with Gasteiger partial charge >= 0.3 is 5.97 Å². The molecule has 0 saturated carbocycles. The number of carbonyl (C=O) groups excluding carboxylic acids is 1. The Morgan fingerprint density at radius 1 is 1.26 bits per heavy atom. The molecule has 0 aromatic rings. The highest BCUT2D eigenvalue weighted by Crippen LogP contribution is 2.17. The fourth-order valence-electron chi connectivity index (χ4n) is 2.19. The van der Waals surface area contributed by atoms with Crippen molar-refractivity contribution in [3.63, 3.8) is 0 Å². The monoisotopic (exact) mass is 272 g/mol. The number of nitrogens with one attached hydrogen (secondary N) is 1. The molecule has 0 aliphatic rings. The molecule has 0 amide bonds. The SMILES string of the molecule is CCCNC(C)(CCN(C)CC(C)(C)C)C(=O)OC. The Balaban J connectivity index is 4.45. The molecule has 4 nitrogen and oxygen atoms in total. The molecule has 0 fully saturated rings. The molecule has 0 bridgehead atoms. The number of ether oxygens (including phenoxy) is 1. The molecule has 114 valence electrons. The van der Waals surface area contributed by atoms with Gasteiger partial charge in [0.1, 0.15) is 5.54 Å². The van der Waals surface area contributed by atoms with Crippen LogP contribution >= 0.6 is 0 Å². The fourth-order valence-corrected chi connectivity index (χ4v) is 2.19. The van der Waals surface area contributed by atoms with Crippen LogP contribution in [0.5, 0.6) is 0 Å². The van der Waals surface area contributed by atoms with Crippen molar-refractivity contribution in [3.8, 4) is 0 Å². The van der Waals surface area contributed by atoms with Crippen LogP contribution in [0.4, 0.5) is 0 Å². The van der Waals surface area contributed by atoms with Crippen molar-refractivity contribution in [2.24, 2.45) is 5.41 Å². The molecule has 0 saturated heterocycles. The molecular formula is C15H32N2O2. The molecule has 19 heavy (non-hydrogen) atoms. The maximum Gasteiger partial charge on any atom is 0.325 e. The lowest BCUT2D eigenvalue weighted by Crippen LogP contribution is -2.52. The topological polar surface area (TPSA) is 41.6 Å². The van der Waals surface area contributed by atoms with Crippen LogP contribution in [0.15, 0.2) is 0 Å². The summed E-state index contributed by atoms with van der Waals surface area (Å²) in [5.74, 6) is -0.176. The van der Waals surface area contributed by atoms with Gasteiger partial charge in [-0.15, -0.1) is 0 Å². The molecule has 0 aliphatic carbocycles. The summed E-state index contributed by atoms with van der Waals surface area (Å²) in [6.07, 6.45) is 1.76. The third-order valence-corrected chi connectivity index (χ3v) is 3.14. The van der Waals surface area contributed by atoms with E-state index in [0.717, 1.165) is 32.5 Å². The van der Waals surface area contributed by atoms with E-state index < -0.39 is 5.54 Å². The zero-order valence-corrected chi connectivity index (χ0v) is 13.8. The third kappa shape index (κ3) is 7.53. The zero-order chi connectivity index (χ0) is 15.1. The maximum absolute atomic E-state index is 11.9. The van der Waals surface area contributed by atoms with Gasteiger partial charge in [-0.25, -0.2) is 0 Å². The van der Waals surface area contributed by atoms with E-state index in [-0.39, 0.29) is 11.4 Å². The van der Waals surface area contributed by atoms with Crippen molar-refractivity contribution in [1.82, 2.24) is 10.2 Å². The standard InChI is InChI=1S/C15H32N2O2/c1-8-10-16-15(5,13(18)19-7)9-11-17(6)12-14(2,3)4/h16H,8-12H2,1-7H3. The summed E-state index contributed by atoms with van der Waals surface area (Å²) >= 11 is 0. The Hall–Kier alpha value is -0.610. The van der Waals surface area contributed by atoms with Crippen molar-refractivity contribution in [1.29, 1.82) is 0 Å². The van der Waals surface area contributed by atoms with Gasteiger partial charge < -0.3 is 15.0 Å². The minimum absolute atomic E-state index is 0.176. The molecule has 1 unspecified atom stereocenters. The highest BCUT2D eigenvalue weighted by molar-refractivity contribution is 5.80. The molecular weight excluding hydrogens is 240 g/mol. The summed E-state index contributed by atoms with van der Waals surface area (Å²) in [7, 11) is 3.55. The molecule has 0 aromatic carbocycles. The van der Waals surface area contributed by atoms with E-state index >= 15 is 0 Å². The lowest BCUT2D eigenvalue weighted by molar-refractivity contribution is -0.148. The summed E-state index contributed by atoms with van der Waals surface area (Å²) in [6, 6.07) is 0. The first-order chi connectivity index (χ1) is 8.64. The van der Waals surface area contributed by atoms with Crippen LogP contribution in [-0.4, -0.2) is 50.2 Å². The predicted octanol–water partition coefficient (Wildman–Crippen LogP) is 2.29. The average Bonchev–Trinajstić information content (AvgIpc) is 2.30. The Morgan fingerprint density at radius 2 is 1.84 bits per heavy atom. The van der Waals surface area contributed by atoms with Crippen molar-refractivity contribution in [2.75, 3.05) is 33.8 Å². The normalized spacial score (nSPS) is 15.4. The lowest BCUT2D eigenvalue weighted by Gasteiger charge is -2.32. The van der Waals surface area contributed by atoms with E-state index in [2.05, 4.69) is 45.0 Å². The maximum atomic E-state index is 11.9. The molecule has 0 rings (SSSR count). The first kappa shape index (κ1) is 18.4. The van der Waals surface area contributed by atoms with Crippen LogP contribution in [0, 0.1) is 5.41 Å². The Bertz CT molecular complexity index is 274. The first-order valence-electron chi connectivity index (χ1n) is 7.16. The fraction of sp³-hybridized carbons (Fsp3) is 0.933. The van der Waals surface area contributed by atoms with Gasteiger partial charge in [-0.05, 0) is 38.8 Å². The van der Waals surface area contributed by atoms with Gasteiger partial charge in [0.05, 0.1) is 7.11 Å². The van der Waals surface area contributed by atoms with Crippen molar-refractivity contribution >= 4 is 5.97 Å². The van der Waals surface area contributed by atoms with Gasteiger partial charge in [0.25, 0.3) is 0 Å². The van der Waals surface area contributed by atoms with Crippen LogP contribution < -0.4 is 5.32 Å². The van der Waals surface area contributed by atoms with Gasteiger partial charge in [0.2, 0.25) is 0 Å². The molecule has 0 radical (unpaired) electrons. The van der Waals surface area contributed by atoms with Gasteiger partial charge in [0, 0.05) is 13.1 Å². The molecule has 0 heterocycles. The average molecular weight is 272 g/mol. The molecule has 1 atom stereocenters. The minimum atomic E-state index is -0.586. The highest BCUT2D eigenvalue weighted by Gasteiger charge is 2.33. The predicted molar refractivity (Wildman–Crippen MR) is 80.3 cm³/mol. The molecule has 1 N–H and O–H groups in total. The second kappa shape index (κ2) is 7.85. The highest BCUT2D eigenvalue weighted by atomic mass is 16.5. The van der Waals surface area contributed by atoms with E-state index in [1.165, 1.54) is 7.11 Å². The molecule has 4 heteroatoms. The van der Waals surface area contributed by atoms with Crippen molar-refractivity contribution < 1.29 is 9.53 Å². The number of esters is 1. The van der Waals surface area contributed by atoms with Crippen molar-refractivity contribution in [3.05, 3.63) is 0 Å². The first-order valence-corrected chi connectivity index (χ1v) is 7.16. The zero-order valence-electron chi connectivity index (χ0n) is 13.8. The largest absolute Gasteiger partial charge is 0.468 e. The second-order valence-electron chi connectivity index (χ2n) is 6.80. The van der Waals surface area contributed by atoms with Gasteiger partial charge in [-0.1, -0.05) is 27.7 Å². The van der Waals surface area contributed by atoms with Gasteiger partial charge in [-0.2, -0.15) is 0 Å². The van der Waals surface area contributed by atoms with E-state index in [9.17, 15) is 4.79 Å². The minimum Gasteiger partial charge on any atom is -0.468 e. The number of hydrogen-bond donors (Lipinski definition) is 1. The number of rotatable bonds is 8. The van der Waals surface area contributed by atoms with E-state index in [1.807, 2.05) is 6.92 Å². The summed E-state index contributed by atoms with van der Waals surface area (Å²) in [5, 5.41) is 3.31. The number of carbonyl (C=O) groups is 1. The van der Waals surface area contributed by atoms with Crippen LogP contribution in [0.3, 0.4) is 0 Å². The lowest BCUT2D eigenvalue weighted by atomic mass is 9.94. The smallest absolute Gasteiger partial charge is 0.325 e. The summed E-state index contributed by atoms with van der Waals surface area (Å²) in [6.45, 7) is 13.4. The molecule has 0 aliphatic heterocycles. The quantitative estimate of drug-likeness (QED) is 0.688. The van der Waals surface area contributed by atoms with Crippen LogP contribution in [0.2, 0.25) is 0 Å². The number of nitrogens with zero attached hydrogens (tertiary/aromatic N) is 1. The molecule has 0 spiro atoms. The van der Waals surface area contributed by atoms with Crippen LogP contribution in [0.1, 0.15) is 47.5 Å². The van der Waals surface area contributed by atoms with Crippen LogP contribution in [-0.2, 0) is 9.53 Å². The van der Waals surface area contributed by atoms with E-state index in [1.54, 1.807) is 0 Å². The van der Waals surface area contributed by atoms with Crippen molar-refractivity contribution in [2.45, 2.75) is 53.0 Å². The van der Waals surface area contributed by atoms with E-state index in [4.69, 9.17) is 4.74 Å². The van der Waals surface area contributed by atoms with Gasteiger partial charge in [0.15, 0.2) is 0 Å². The van der Waals surface area contributed by atoms with E-state index in [0.29, 0.717) is 0 Å². The summed E-state index contributed by atoms with van der Waals surface area (Å²) < 4.78 is 4.93. The Kier molecular flexibility index (Phi) is 7.60. The number of methoxy groups -OCH3 is 1. The Labute approximate surface area is 118 Å². The van der Waals surface area contributed by atoms with Crippen LogP contribution in [0.25, 0.3) is 0 Å². The third-order valence-electron chi connectivity index (χ3n) is 3.14. The van der Waals surface area contributed by atoms with Gasteiger partial charge in [-0.3, -0.25) is 4.79 Å². The second-order valence-corrected chi connectivity index (χ2v) is 6.80.